The molecule has 2 aromatic heterocycles. The normalized spacial score (nSPS) is 12.1. The number of fused-ring (bicyclic) bond motifs is 1. The number of carbonyl (C=O) groups excluding carboxylic acids is 1. The highest BCUT2D eigenvalue weighted by atomic mass is 35.5. The Morgan fingerprint density at radius 3 is 2.69 bits per heavy atom. The zero-order valence-corrected chi connectivity index (χ0v) is 15.4. The van der Waals surface area contributed by atoms with Crippen molar-refractivity contribution >= 4 is 40.1 Å². The molecule has 3 aromatic rings. The van der Waals surface area contributed by atoms with Crippen LogP contribution < -0.4 is 5.73 Å². The van der Waals surface area contributed by atoms with E-state index in [0.717, 1.165) is 16.5 Å². The molecule has 0 saturated carbocycles. The van der Waals surface area contributed by atoms with Gasteiger partial charge in [0.15, 0.2) is 0 Å². The van der Waals surface area contributed by atoms with Crippen LogP contribution in [0.15, 0.2) is 48.7 Å². The monoisotopic (exact) mass is 389 g/mol. The largest absolute Gasteiger partial charge is 0.460 e. The molecule has 3 rings (SSSR count). The highest BCUT2D eigenvalue weighted by Crippen LogP contribution is 2.19. The molecule has 2 N–H and O–H groups in total. The van der Waals surface area contributed by atoms with E-state index in [1.165, 1.54) is 0 Å². The van der Waals surface area contributed by atoms with Gasteiger partial charge in [-0.1, -0.05) is 41.4 Å². The number of pyridine rings is 2. The minimum absolute atomic E-state index is 0.0483. The molecule has 0 radical (unpaired) electrons. The minimum atomic E-state index is -0.713. The lowest BCUT2D eigenvalue weighted by Crippen LogP contribution is -2.32. The van der Waals surface area contributed by atoms with Gasteiger partial charge >= 0.3 is 5.97 Å². The van der Waals surface area contributed by atoms with Crippen LogP contribution in [0.3, 0.4) is 0 Å². The van der Waals surface area contributed by atoms with Crippen molar-refractivity contribution in [3.63, 3.8) is 0 Å². The summed E-state index contributed by atoms with van der Waals surface area (Å²) in [5.41, 5.74) is 8.67. The number of esters is 1. The van der Waals surface area contributed by atoms with Gasteiger partial charge in [0.25, 0.3) is 0 Å². The highest BCUT2D eigenvalue weighted by molar-refractivity contribution is 6.32. The van der Waals surface area contributed by atoms with Crippen molar-refractivity contribution < 1.29 is 9.53 Å². The van der Waals surface area contributed by atoms with Crippen LogP contribution in [0.1, 0.15) is 17.5 Å². The summed E-state index contributed by atoms with van der Waals surface area (Å²) in [5, 5.41) is 1.56. The number of aryl methyl sites for hydroxylation is 1. The van der Waals surface area contributed by atoms with Gasteiger partial charge in [-0.3, -0.25) is 9.78 Å². The number of carbonyl (C=O) groups is 1. The summed E-state index contributed by atoms with van der Waals surface area (Å²) in [7, 11) is 0. The average Bonchev–Trinajstić information content (AvgIpc) is 2.63. The van der Waals surface area contributed by atoms with Crippen LogP contribution in [0.2, 0.25) is 10.3 Å². The molecule has 0 bridgehead atoms. The molecule has 7 heteroatoms. The number of nitrogens with two attached hydrogens (primary N) is 1. The Morgan fingerprint density at radius 1 is 1.15 bits per heavy atom. The van der Waals surface area contributed by atoms with Crippen molar-refractivity contribution in [1.82, 2.24) is 9.97 Å². The molecular formula is C19H17Cl2N3O2. The quantitative estimate of drug-likeness (QED) is 0.510. The number of rotatable bonds is 6. The number of halogens is 2. The molecule has 0 aliphatic carbocycles. The summed E-state index contributed by atoms with van der Waals surface area (Å²) in [6.45, 7) is 0.0483. The Balaban J connectivity index is 1.57. The maximum Gasteiger partial charge on any atom is 0.323 e. The smallest absolute Gasteiger partial charge is 0.323 e. The third-order valence-electron chi connectivity index (χ3n) is 3.97. The number of nitrogens with zero attached hydrogens (tertiary/aromatic N) is 2. The van der Waals surface area contributed by atoms with Crippen LogP contribution in [0.4, 0.5) is 0 Å². The lowest BCUT2D eigenvalue weighted by Gasteiger charge is -2.12. The second-order valence-corrected chi connectivity index (χ2v) is 6.64. The SMILES string of the molecule is N[C@@H](CCc1cccc2ncccc12)C(=O)OCc1cc(Cl)nc(Cl)c1. The first-order chi connectivity index (χ1) is 12.5. The number of aromatic nitrogens is 2. The van der Waals surface area contributed by atoms with Crippen molar-refractivity contribution in [3.8, 4) is 0 Å². The van der Waals surface area contributed by atoms with Gasteiger partial charge in [-0.2, -0.15) is 0 Å². The predicted octanol–water partition coefficient (Wildman–Crippen LogP) is 3.94. The molecule has 26 heavy (non-hydrogen) atoms. The molecule has 0 saturated heterocycles. The Labute approximate surface area is 161 Å². The predicted molar refractivity (Wildman–Crippen MR) is 102 cm³/mol. The molecular weight excluding hydrogens is 373 g/mol. The maximum atomic E-state index is 12.1. The minimum Gasteiger partial charge on any atom is -0.460 e. The third-order valence-corrected chi connectivity index (χ3v) is 4.35. The van der Waals surface area contributed by atoms with Crippen molar-refractivity contribution in [2.75, 3.05) is 0 Å². The molecule has 134 valence electrons. The number of hydrogen-bond donors (Lipinski definition) is 1. The van der Waals surface area contributed by atoms with Crippen molar-refractivity contribution in [3.05, 3.63) is 70.1 Å². The summed E-state index contributed by atoms with van der Waals surface area (Å²) in [6, 6.07) is 12.3. The Bertz CT molecular complexity index is 908. The zero-order chi connectivity index (χ0) is 18.5. The van der Waals surface area contributed by atoms with E-state index in [1.807, 2.05) is 30.3 Å². The van der Waals surface area contributed by atoms with Crippen molar-refractivity contribution in [1.29, 1.82) is 0 Å². The molecule has 0 amide bonds. The number of benzene rings is 1. The molecule has 2 heterocycles. The van der Waals surface area contributed by atoms with Gasteiger partial charge in [-0.25, -0.2) is 4.98 Å². The average molecular weight is 390 g/mol. The van der Waals surface area contributed by atoms with E-state index in [9.17, 15) is 4.79 Å². The van der Waals surface area contributed by atoms with Gasteiger partial charge in [0.2, 0.25) is 0 Å². The first-order valence-electron chi connectivity index (χ1n) is 8.10. The lowest BCUT2D eigenvalue weighted by atomic mass is 10.0. The topological polar surface area (TPSA) is 78.1 Å². The number of ether oxygens (including phenoxy) is 1. The van der Waals surface area contributed by atoms with Crippen LogP contribution in [0.5, 0.6) is 0 Å². The molecule has 5 nitrogen and oxygen atoms in total. The molecule has 0 aliphatic rings. The summed E-state index contributed by atoms with van der Waals surface area (Å²) in [5.74, 6) is -0.465. The highest BCUT2D eigenvalue weighted by Gasteiger charge is 2.16. The van der Waals surface area contributed by atoms with E-state index < -0.39 is 12.0 Å². The Morgan fingerprint density at radius 2 is 1.92 bits per heavy atom. The van der Waals surface area contributed by atoms with Crippen molar-refractivity contribution in [2.24, 2.45) is 5.73 Å². The Kier molecular flexibility index (Phi) is 6.04. The fourth-order valence-corrected chi connectivity index (χ4v) is 3.18. The van der Waals surface area contributed by atoms with Gasteiger partial charge in [-0.05, 0) is 48.2 Å². The summed E-state index contributed by atoms with van der Waals surface area (Å²) in [4.78, 5) is 20.3. The summed E-state index contributed by atoms with van der Waals surface area (Å²) in [6.07, 6.45) is 2.89. The van der Waals surface area contributed by atoms with E-state index in [-0.39, 0.29) is 16.9 Å². The van der Waals surface area contributed by atoms with E-state index in [2.05, 4.69) is 9.97 Å². The second-order valence-electron chi connectivity index (χ2n) is 5.86. The molecule has 0 fully saturated rings. The third kappa shape index (κ3) is 4.69. The molecule has 0 spiro atoms. The molecule has 0 aliphatic heterocycles. The van der Waals surface area contributed by atoms with E-state index in [4.69, 9.17) is 33.7 Å². The van der Waals surface area contributed by atoms with Crippen LogP contribution in [-0.4, -0.2) is 22.0 Å². The first-order valence-corrected chi connectivity index (χ1v) is 8.85. The van der Waals surface area contributed by atoms with Crippen molar-refractivity contribution in [2.45, 2.75) is 25.5 Å². The fraction of sp³-hybridized carbons (Fsp3) is 0.211. The fourth-order valence-electron chi connectivity index (χ4n) is 2.67. The van der Waals surface area contributed by atoms with Gasteiger partial charge in [0.05, 0.1) is 5.52 Å². The molecule has 0 unspecified atom stereocenters. The molecule has 1 atom stereocenters. The number of hydrogen-bond acceptors (Lipinski definition) is 5. The lowest BCUT2D eigenvalue weighted by molar-refractivity contribution is -0.146. The van der Waals surface area contributed by atoms with E-state index in [0.29, 0.717) is 18.4 Å². The van der Waals surface area contributed by atoms with E-state index in [1.54, 1.807) is 18.3 Å². The van der Waals surface area contributed by atoms with Crippen LogP contribution in [-0.2, 0) is 22.6 Å². The second kappa shape index (κ2) is 8.45. The summed E-state index contributed by atoms with van der Waals surface area (Å²) < 4.78 is 5.25. The zero-order valence-electron chi connectivity index (χ0n) is 13.9. The summed E-state index contributed by atoms with van der Waals surface area (Å²) >= 11 is 11.7. The van der Waals surface area contributed by atoms with Crippen LogP contribution in [0, 0.1) is 0 Å². The van der Waals surface area contributed by atoms with Gasteiger partial charge in [-0.15, -0.1) is 0 Å². The Hall–Kier alpha value is -2.21. The van der Waals surface area contributed by atoms with Crippen LogP contribution >= 0.6 is 23.2 Å². The van der Waals surface area contributed by atoms with Gasteiger partial charge in [0.1, 0.15) is 23.0 Å². The van der Waals surface area contributed by atoms with Gasteiger partial charge in [0, 0.05) is 11.6 Å². The van der Waals surface area contributed by atoms with Gasteiger partial charge < -0.3 is 10.5 Å². The standard InChI is InChI=1S/C19H17Cl2N3O2/c20-17-9-12(10-18(21)24-17)11-26-19(25)15(22)7-6-13-3-1-5-16-14(13)4-2-8-23-16/h1-5,8-10,15H,6-7,11,22H2/t15-/m0/s1. The first kappa shape index (κ1) is 18.6. The maximum absolute atomic E-state index is 12.1. The van der Waals surface area contributed by atoms with E-state index >= 15 is 0 Å². The van der Waals surface area contributed by atoms with Crippen LogP contribution in [0.25, 0.3) is 10.9 Å². The molecule has 1 aromatic carbocycles.